The number of carbonyl (C=O) groups excluding carboxylic acids is 2. The lowest BCUT2D eigenvalue weighted by Gasteiger charge is -2.08. The third kappa shape index (κ3) is 6.14. The van der Waals surface area contributed by atoms with Gasteiger partial charge in [-0.05, 0) is 43.3 Å². The van der Waals surface area contributed by atoms with Gasteiger partial charge in [-0.25, -0.2) is 24.2 Å². The van der Waals surface area contributed by atoms with Gasteiger partial charge in [0, 0.05) is 23.3 Å². The molecule has 1 amide bonds. The number of esters is 1. The van der Waals surface area contributed by atoms with Crippen molar-refractivity contribution in [2.45, 2.75) is 32.6 Å². The molecular weight excluding hydrogens is 545 g/mol. The van der Waals surface area contributed by atoms with Gasteiger partial charge in [0.05, 0.1) is 13.0 Å². The summed E-state index contributed by atoms with van der Waals surface area (Å²) in [6.07, 6.45) is -4.45. The van der Waals surface area contributed by atoms with Crippen LogP contribution in [0.4, 0.5) is 13.2 Å². The van der Waals surface area contributed by atoms with Gasteiger partial charge in [-0.3, -0.25) is 9.36 Å². The van der Waals surface area contributed by atoms with Crippen LogP contribution in [0.2, 0.25) is 5.02 Å². The Bertz CT molecular complexity index is 1580. The van der Waals surface area contributed by atoms with Gasteiger partial charge in [0.2, 0.25) is 5.82 Å². The molecule has 204 valence electrons. The standard InChI is InChI=1S/C23H20ClF3N8O4/c1-2-39-21(37)15-4-3-10-29-19(15)35-20(17(28)36)30-16(31-35)12-34-22(38)33(11-9-23(25,26)27)18(32-34)13-5-7-14(24)8-6-13/h3-8,10H,2,9,11-12H2,1H3,(H2,28,36). The summed E-state index contributed by atoms with van der Waals surface area (Å²) in [6, 6.07) is 8.90. The highest BCUT2D eigenvalue weighted by Gasteiger charge is 2.29. The van der Waals surface area contributed by atoms with Crippen molar-refractivity contribution >= 4 is 23.5 Å². The Morgan fingerprint density at radius 2 is 1.85 bits per heavy atom. The summed E-state index contributed by atoms with van der Waals surface area (Å²) in [5.41, 5.74) is 4.91. The van der Waals surface area contributed by atoms with Crippen LogP contribution in [0.1, 0.15) is 40.1 Å². The van der Waals surface area contributed by atoms with Crippen molar-refractivity contribution < 1.29 is 27.5 Å². The average Bonchev–Trinajstić information content (AvgIpc) is 3.44. The Morgan fingerprint density at radius 3 is 2.49 bits per heavy atom. The summed E-state index contributed by atoms with van der Waals surface area (Å²) in [4.78, 5) is 45.8. The number of primary amides is 1. The number of halogens is 4. The van der Waals surface area contributed by atoms with E-state index in [0.717, 1.165) is 13.9 Å². The molecule has 0 fully saturated rings. The van der Waals surface area contributed by atoms with Crippen LogP contribution < -0.4 is 11.4 Å². The van der Waals surface area contributed by atoms with E-state index in [1.165, 1.54) is 42.6 Å². The minimum Gasteiger partial charge on any atom is -0.462 e. The third-order valence-corrected chi connectivity index (χ3v) is 5.54. The molecule has 0 saturated carbocycles. The maximum Gasteiger partial charge on any atom is 0.390 e. The zero-order chi connectivity index (χ0) is 28.3. The number of carbonyl (C=O) groups is 2. The van der Waals surface area contributed by atoms with Gasteiger partial charge >= 0.3 is 17.8 Å². The second kappa shape index (κ2) is 11.1. The molecule has 0 atom stereocenters. The molecule has 3 aromatic heterocycles. The van der Waals surface area contributed by atoms with E-state index in [1.807, 2.05) is 0 Å². The summed E-state index contributed by atoms with van der Waals surface area (Å²) in [6.45, 7) is 0.563. The zero-order valence-corrected chi connectivity index (χ0v) is 21.0. The molecule has 2 N–H and O–H groups in total. The average molecular weight is 565 g/mol. The fraction of sp³-hybridized carbons (Fsp3) is 0.261. The number of hydrogen-bond acceptors (Lipinski definition) is 8. The number of benzene rings is 1. The zero-order valence-electron chi connectivity index (χ0n) is 20.2. The van der Waals surface area contributed by atoms with Crippen LogP contribution in [0.25, 0.3) is 17.2 Å². The minimum atomic E-state index is -4.52. The SMILES string of the molecule is CCOC(=O)c1cccnc1-n1nc(Cn2nc(-c3ccc(Cl)cc3)n(CCC(F)(F)F)c2=O)nc1C(N)=O. The highest BCUT2D eigenvalue weighted by atomic mass is 35.5. The molecule has 12 nitrogen and oxygen atoms in total. The fourth-order valence-electron chi connectivity index (χ4n) is 3.59. The molecule has 0 bridgehead atoms. The van der Waals surface area contributed by atoms with Gasteiger partial charge in [0.15, 0.2) is 17.5 Å². The number of pyridine rings is 1. The van der Waals surface area contributed by atoms with Crippen molar-refractivity contribution in [2.75, 3.05) is 6.61 Å². The summed E-state index contributed by atoms with van der Waals surface area (Å²) >= 11 is 5.91. The Hall–Kier alpha value is -4.53. The topological polar surface area (TPSA) is 153 Å². The smallest absolute Gasteiger partial charge is 0.390 e. The second-order valence-electron chi connectivity index (χ2n) is 8.01. The maximum absolute atomic E-state index is 13.1. The van der Waals surface area contributed by atoms with Crippen LogP contribution in [0.3, 0.4) is 0 Å². The van der Waals surface area contributed by atoms with Gasteiger partial charge < -0.3 is 10.5 Å². The molecule has 4 rings (SSSR count). The normalized spacial score (nSPS) is 11.5. The molecule has 0 aliphatic heterocycles. The van der Waals surface area contributed by atoms with Crippen molar-refractivity contribution in [1.29, 1.82) is 0 Å². The molecule has 0 aliphatic rings. The van der Waals surface area contributed by atoms with E-state index in [-0.39, 0.29) is 29.6 Å². The lowest BCUT2D eigenvalue weighted by Crippen LogP contribution is -2.27. The van der Waals surface area contributed by atoms with Gasteiger partial charge in [-0.15, -0.1) is 10.2 Å². The number of ether oxygens (including phenoxy) is 1. The quantitative estimate of drug-likeness (QED) is 0.304. The molecule has 0 unspecified atom stereocenters. The minimum absolute atomic E-state index is 0.0306. The molecule has 39 heavy (non-hydrogen) atoms. The van der Waals surface area contributed by atoms with Crippen LogP contribution in [-0.4, -0.2) is 58.8 Å². The molecule has 0 aliphatic carbocycles. The molecule has 0 radical (unpaired) electrons. The Morgan fingerprint density at radius 1 is 1.13 bits per heavy atom. The van der Waals surface area contributed by atoms with E-state index in [2.05, 4.69) is 20.2 Å². The first kappa shape index (κ1) is 27.5. The second-order valence-corrected chi connectivity index (χ2v) is 8.45. The number of nitrogens with zero attached hydrogens (tertiary/aromatic N) is 7. The fourth-order valence-corrected chi connectivity index (χ4v) is 3.72. The summed E-state index contributed by atoms with van der Waals surface area (Å²) < 4.78 is 46.6. The lowest BCUT2D eigenvalue weighted by atomic mass is 10.2. The predicted molar refractivity (Wildman–Crippen MR) is 130 cm³/mol. The van der Waals surface area contributed by atoms with E-state index in [4.69, 9.17) is 22.1 Å². The van der Waals surface area contributed by atoms with Gasteiger partial charge in [0.1, 0.15) is 12.1 Å². The van der Waals surface area contributed by atoms with Crippen molar-refractivity contribution in [3.8, 4) is 17.2 Å². The Labute approximate surface area is 222 Å². The van der Waals surface area contributed by atoms with Crippen LogP contribution in [-0.2, 0) is 17.8 Å². The van der Waals surface area contributed by atoms with E-state index in [9.17, 15) is 27.6 Å². The monoisotopic (exact) mass is 564 g/mol. The predicted octanol–water partition coefficient (Wildman–Crippen LogP) is 2.62. The number of alkyl halides is 3. The maximum atomic E-state index is 13.1. The summed E-state index contributed by atoms with van der Waals surface area (Å²) in [5.74, 6) is -2.44. The number of aromatic nitrogens is 7. The third-order valence-electron chi connectivity index (χ3n) is 5.29. The largest absolute Gasteiger partial charge is 0.462 e. The number of nitrogens with two attached hydrogens (primary N) is 1. The first-order chi connectivity index (χ1) is 18.5. The number of rotatable bonds is 9. The van der Waals surface area contributed by atoms with Crippen molar-refractivity contribution in [3.63, 3.8) is 0 Å². The van der Waals surface area contributed by atoms with Crippen LogP contribution in [0, 0.1) is 0 Å². The van der Waals surface area contributed by atoms with E-state index >= 15 is 0 Å². The summed E-state index contributed by atoms with van der Waals surface area (Å²) in [5, 5.41) is 8.75. The van der Waals surface area contributed by atoms with Crippen molar-refractivity contribution in [3.05, 3.63) is 75.3 Å². The number of hydrogen-bond donors (Lipinski definition) is 1. The van der Waals surface area contributed by atoms with Gasteiger partial charge in [0.25, 0.3) is 5.91 Å². The molecule has 4 aromatic rings. The Kier molecular flexibility index (Phi) is 7.80. The molecule has 1 aromatic carbocycles. The molecule has 0 saturated heterocycles. The first-order valence-corrected chi connectivity index (χ1v) is 11.7. The van der Waals surface area contributed by atoms with Gasteiger partial charge in [-0.1, -0.05) is 11.6 Å². The van der Waals surface area contributed by atoms with Crippen LogP contribution in [0.15, 0.2) is 47.4 Å². The molecule has 0 spiro atoms. The summed E-state index contributed by atoms with van der Waals surface area (Å²) in [7, 11) is 0. The van der Waals surface area contributed by atoms with Gasteiger partial charge in [-0.2, -0.15) is 17.9 Å². The molecule has 16 heteroatoms. The van der Waals surface area contributed by atoms with Crippen LogP contribution >= 0.6 is 11.6 Å². The highest BCUT2D eigenvalue weighted by molar-refractivity contribution is 6.30. The van der Waals surface area contributed by atoms with E-state index in [0.29, 0.717) is 10.6 Å². The van der Waals surface area contributed by atoms with E-state index < -0.39 is 49.1 Å². The molecular formula is C23H20ClF3N8O4. The first-order valence-electron chi connectivity index (χ1n) is 11.4. The van der Waals surface area contributed by atoms with Crippen molar-refractivity contribution in [2.24, 2.45) is 5.73 Å². The lowest BCUT2D eigenvalue weighted by molar-refractivity contribution is -0.136. The van der Waals surface area contributed by atoms with Crippen LogP contribution in [0.5, 0.6) is 0 Å². The Balaban J connectivity index is 1.77. The highest BCUT2D eigenvalue weighted by Crippen LogP contribution is 2.23. The van der Waals surface area contributed by atoms with E-state index in [1.54, 1.807) is 6.92 Å². The molecule has 3 heterocycles. The van der Waals surface area contributed by atoms with Crippen molar-refractivity contribution in [1.82, 2.24) is 34.1 Å². The number of amides is 1.